The SMILES string of the molecule is CN(C)Cc1ncc(-c2ccc(Oc3cc(Cl)ccc3CN[C@@H](CCCN3CCCC3)C(=O)O)cc2)n1C. The maximum Gasteiger partial charge on any atom is 0.320 e. The highest BCUT2D eigenvalue weighted by atomic mass is 35.5. The number of carboxylic acid groups (broad SMARTS) is 1. The van der Waals surface area contributed by atoms with Gasteiger partial charge in [-0.2, -0.15) is 0 Å². The van der Waals surface area contributed by atoms with Crippen LogP contribution in [0.3, 0.4) is 0 Å². The van der Waals surface area contributed by atoms with Crippen molar-refractivity contribution in [1.82, 2.24) is 24.7 Å². The number of ether oxygens (including phenoxy) is 1. The maximum absolute atomic E-state index is 11.9. The summed E-state index contributed by atoms with van der Waals surface area (Å²) in [6, 6.07) is 12.7. The first-order valence-corrected chi connectivity index (χ1v) is 13.6. The lowest BCUT2D eigenvalue weighted by Gasteiger charge is -2.19. The van der Waals surface area contributed by atoms with Gasteiger partial charge in [0, 0.05) is 29.7 Å². The van der Waals surface area contributed by atoms with E-state index in [1.54, 1.807) is 12.1 Å². The number of halogens is 1. The molecule has 0 saturated carbocycles. The summed E-state index contributed by atoms with van der Waals surface area (Å²) >= 11 is 6.28. The van der Waals surface area contributed by atoms with Gasteiger partial charge in [0.15, 0.2) is 0 Å². The van der Waals surface area contributed by atoms with Gasteiger partial charge in [-0.25, -0.2) is 4.98 Å². The standard InChI is InChI=1S/C29H38ClN5O3/c1-33(2)20-28-32-19-26(34(28)3)21-9-12-24(13-10-21)38-27-17-23(30)11-8-22(27)18-31-25(29(36)37)7-6-16-35-14-4-5-15-35/h8-13,17,19,25,31H,4-7,14-16,18,20H2,1-3H3,(H,36,37)/t25-/m0/s1. The van der Waals surface area contributed by atoms with Crippen LogP contribution in [-0.2, 0) is 24.9 Å². The molecular weight excluding hydrogens is 502 g/mol. The second kappa shape index (κ2) is 13.2. The lowest BCUT2D eigenvalue weighted by Crippen LogP contribution is -2.37. The van der Waals surface area contributed by atoms with E-state index >= 15 is 0 Å². The van der Waals surface area contributed by atoms with E-state index in [9.17, 15) is 9.90 Å². The van der Waals surface area contributed by atoms with E-state index in [2.05, 4.69) is 24.7 Å². The predicted molar refractivity (Wildman–Crippen MR) is 151 cm³/mol. The fourth-order valence-corrected chi connectivity index (χ4v) is 4.97. The van der Waals surface area contributed by atoms with Crippen LogP contribution in [0.1, 0.15) is 37.1 Å². The number of benzene rings is 2. The van der Waals surface area contributed by atoms with Crippen LogP contribution in [0.15, 0.2) is 48.7 Å². The number of hydrogen-bond donors (Lipinski definition) is 2. The van der Waals surface area contributed by atoms with E-state index in [1.807, 2.05) is 57.7 Å². The number of carboxylic acids is 1. The number of nitrogens with zero attached hydrogens (tertiary/aromatic N) is 4. The van der Waals surface area contributed by atoms with Gasteiger partial charge < -0.3 is 29.5 Å². The monoisotopic (exact) mass is 539 g/mol. The largest absolute Gasteiger partial charge is 0.480 e. The highest BCUT2D eigenvalue weighted by molar-refractivity contribution is 6.30. The second-order valence-electron chi connectivity index (χ2n) is 10.2. The molecule has 0 bridgehead atoms. The third-order valence-corrected chi connectivity index (χ3v) is 7.19. The van der Waals surface area contributed by atoms with E-state index in [0.29, 0.717) is 29.5 Å². The fourth-order valence-electron chi connectivity index (χ4n) is 4.81. The number of aliphatic carboxylic acids is 1. The zero-order valence-corrected chi connectivity index (χ0v) is 23.2. The topological polar surface area (TPSA) is 82.9 Å². The summed E-state index contributed by atoms with van der Waals surface area (Å²) < 4.78 is 8.30. The molecule has 1 saturated heterocycles. The van der Waals surface area contributed by atoms with Gasteiger partial charge >= 0.3 is 5.97 Å². The van der Waals surface area contributed by atoms with Gasteiger partial charge in [0.05, 0.1) is 18.4 Å². The highest BCUT2D eigenvalue weighted by Crippen LogP contribution is 2.30. The Balaban J connectivity index is 1.39. The summed E-state index contributed by atoms with van der Waals surface area (Å²) in [5.41, 5.74) is 2.93. The normalized spacial score (nSPS) is 14.8. The minimum Gasteiger partial charge on any atom is -0.480 e. The Morgan fingerprint density at radius 2 is 1.92 bits per heavy atom. The Kier molecular flexibility index (Phi) is 9.80. The Morgan fingerprint density at radius 3 is 2.61 bits per heavy atom. The average Bonchev–Trinajstić information content (AvgIpc) is 3.52. The molecule has 38 heavy (non-hydrogen) atoms. The first kappa shape index (κ1) is 28.1. The summed E-state index contributed by atoms with van der Waals surface area (Å²) in [7, 11) is 6.07. The molecule has 9 heteroatoms. The Morgan fingerprint density at radius 1 is 1.18 bits per heavy atom. The average molecular weight is 540 g/mol. The van der Waals surface area contributed by atoms with Crippen LogP contribution < -0.4 is 10.1 Å². The molecule has 1 aromatic heterocycles. The van der Waals surface area contributed by atoms with Crippen molar-refractivity contribution in [3.8, 4) is 22.8 Å². The molecule has 0 unspecified atom stereocenters. The number of likely N-dealkylation sites (tertiary alicyclic amines) is 1. The number of aromatic nitrogens is 2. The maximum atomic E-state index is 11.9. The lowest BCUT2D eigenvalue weighted by atomic mass is 10.1. The summed E-state index contributed by atoms with van der Waals surface area (Å²) in [4.78, 5) is 20.9. The molecule has 3 aromatic rings. The van der Waals surface area contributed by atoms with Crippen molar-refractivity contribution < 1.29 is 14.6 Å². The fraction of sp³-hybridized carbons (Fsp3) is 0.448. The summed E-state index contributed by atoms with van der Waals surface area (Å²) in [6.45, 7) is 4.33. The number of carbonyl (C=O) groups is 1. The molecule has 2 aromatic carbocycles. The van der Waals surface area contributed by atoms with Gasteiger partial charge in [0.25, 0.3) is 0 Å². The molecule has 204 valence electrons. The van der Waals surface area contributed by atoms with Gasteiger partial charge in [0.1, 0.15) is 23.4 Å². The van der Waals surface area contributed by atoms with Crippen molar-refractivity contribution in [2.45, 2.75) is 44.8 Å². The van der Waals surface area contributed by atoms with Crippen molar-refractivity contribution in [2.24, 2.45) is 7.05 Å². The van der Waals surface area contributed by atoms with Crippen LogP contribution >= 0.6 is 11.6 Å². The van der Waals surface area contributed by atoms with Gasteiger partial charge in [-0.15, -0.1) is 0 Å². The first-order chi connectivity index (χ1) is 18.3. The van der Waals surface area contributed by atoms with Gasteiger partial charge in [0.2, 0.25) is 0 Å². The van der Waals surface area contributed by atoms with E-state index in [4.69, 9.17) is 16.3 Å². The first-order valence-electron chi connectivity index (χ1n) is 13.2. The number of imidazole rings is 1. The van der Waals surface area contributed by atoms with Crippen LogP contribution in [0, 0.1) is 0 Å². The molecule has 0 radical (unpaired) electrons. The smallest absolute Gasteiger partial charge is 0.320 e. The number of rotatable bonds is 13. The minimum absolute atomic E-state index is 0.370. The molecule has 1 aliphatic heterocycles. The zero-order valence-electron chi connectivity index (χ0n) is 22.5. The zero-order chi connectivity index (χ0) is 27.1. The van der Waals surface area contributed by atoms with Crippen molar-refractivity contribution in [1.29, 1.82) is 0 Å². The molecule has 8 nitrogen and oxygen atoms in total. The van der Waals surface area contributed by atoms with E-state index < -0.39 is 12.0 Å². The molecule has 4 rings (SSSR count). The predicted octanol–water partition coefficient (Wildman–Crippen LogP) is 5.01. The lowest BCUT2D eigenvalue weighted by molar-refractivity contribution is -0.139. The molecule has 2 heterocycles. The molecule has 1 atom stereocenters. The van der Waals surface area contributed by atoms with Crippen molar-refractivity contribution >= 4 is 17.6 Å². The van der Waals surface area contributed by atoms with Gasteiger partial charge in [-0.3, -0.25) is 4.79 Å². The van der Waals surface area contributed by atoms with Crippen LogP contribution in [0.4, 0.5) is 0 Å². The molecule has 1 aliphatic rings. The Bertz CT molecular complexity index is 1210. The third kappa shape index (κ3) is 7.57. The molecule has 0 spiro atoms. The molecule has 2 N–H and O–H groups in total. The van der Waals surface area contributed by atoms with Crippen molar-refractivity contribution in [3.05, 3.63) is 65.1 Å². The third-order valence-electron chi connectivity index (χ3n) is 6.95. The highest BCUT2D eigenvalue weighted by Gasteiger charge is 2.19. The molecule has 0 amide bonds. The van der Waals surface area contributed by atoms with Crippen LogP contribution in [0.2, 0.25) is 5.02 Å². The summed E-state index contributed by atoms with van der Waals surface area (Å²) in [5, 5.41) is 13.5. The van der Waals surface area contributed by atoms with Crippen LogP contribution in [0.25, 0.3) is 11.3 Å². The molecule has 1 fully saturated rings. The summed E-state index contributed by atoms with van der Waals surface area (Å²) in [6.07, 6.45) is 5.81. The van der Waals surface area contributed by atoms with Crippen LogP contribution in [-0.4, -0.2) is 70.2 Å². The number of nitrogens with one attached hydrogen (secondary N) is 1. The van der Waals surface area contributed by atoms with E-state index in [0.717, 1.165) is 55.2 Å². The molecule has 0 aliphatic carbocycles. The number of hydrogen-bond acceptors (Lipinski definition) is 6. The Hall–Kier alpha value is -2.91. The van der Waals surface area contributed by atoms with Crippen molar-refractivity contribution in [2.75, 3.05) is 33.7 Å². The van der Waals surface area contributed by atoms with Gasteiger partial charge in [-0.1, -0.05) is 17.7 Å². The van der Waals surface area contributed by atoms with Crippen LogP contribution in [0.5, 0.6) is 11.5 Å². The quantitative estimate of drug-likeness (QED) is 0.316. The second-order valence-corrected chi connectivity index (χ2v) is 10.6. The van der Waals surface area contributed by atoms with Gasteiger partial charge in [-0.05, 0) is 95.8 Å². The Labute approximate surface area is 230 Å². The minimum atomic E-state index is -0.831. The van der Waals surface area contributed by atoms with E-state index in [-0.39, 0.29) is 0 Å². The molecular formula is C29H38ClN5O3. The van der Waals surface area contributed by atoms with E-state index in [1.165, 1.54) is 12.8 Å². The summed E-state index contributed by atoms with van der Waals surface area (Å²) in [5.74, 6) is 1.44. The van der Waals surface area contributed by atoms with Crippen molar-refractivity contribution in [3.63, 3.8) is 0 Å².